The van der Waals surface area contributed by atoms with Crippen LogP contribution in [0.3, 0.4) is 0 Å². The molecule has 1 atom stereocenters. The molecule has 2 aromatic rings. The molecule has 6 heteroatoms. The van der Waals surface area contributed by atoms with Gasteiger partial charge in [0.05, 0.1) is 19.5 Å². The molecule has 1 heterocycles. The number of Topliss-reactive ketones (excluding diaryl/α,β-unsaturated/α-hetero) is 1. The molecular weight excluding hydrogens is 306 g/mol. The van der Waals surface area contributed by atoms with Crippen LogP contribution in [0.15, 0.2) is 27.9 Å². The molecular formula is C15H17NO3S2. The number of benzene rings is 1. The number of ketones is 1. The number of hydrogen-bond acceptors (Lipinski definition) is 6. The minimum absolute atomic E-state index is 0.0498. The molecule has 0 aliphatic heterocycles. The third-order valence-electron chi connectivity index (χ3n) is 2.91. The normalized spacial score (nSPS) is 12.0. The van der Waals surface area contributed by atoms with Crippen LogP contribution < -0.4 is 9.47 Å². The quantitative estimate of drug-likeness (QED) is 0.597. The fraction of sp³-hybridized carbons (Fsp3) is 0.333. The number of thiazole rings is 1. The van der Waals surface area contributed by atoms with Gasteiger partial charge < -0.3 is 9.47 Å². The van der Waals surface area contributed by atoms with Crippen LogP contribution in [0.5, 0.6) is 11.5 Å². The molecule has 2 rings (SSSR count). The van der Waals surface area contributed by atoms with Gasteiger partial charge in [0.25, 0.3) is 0 Å². The summed E-state index contributed by atoms with van der Waals surface area (Å²) in [6, 6.07) is 5.22. The summed E-state index contributed by atoms with van der Waals surface area (Å²) in [5.41, 5.74) is 1.59. The van der Waals surface area contributed by atoms with Crippen molar-refractivity contribution >= 4 is 28.9 Å². The van der Waals surface area contributed by atoms with Crippen LogP contribution in [0.1, 0.15) is 23.0 Å². The molecule has 112 valence electrons. The lowest BCUT2D eigenvalue weighted by Crippen LogP contribution is -2.13. The Balaban J connectivity index is 2.15. The summed E-state index contributed by atoms with van der Waals surface area (Å²) in [7, 11) is 3.13. The summed E-state index contributed by atoms with van der Waals surface area (Å²) in [5, 5.41) is 1.78. The van der Waals surface area contributed by atoms with Gasteiger partial charge in [0.2, 0.25) is 0 Å². The molecule has 0 saturated heterocycles. The monoisotopic (exact) mass is 323 g/mol. The highest BCUT2D eigenvalue weighted by atomic mass is 32.2. The summed E-state index contributed by atoms with van der Waals surface area (Å²) in [5.74, 6) is 1.23. The van der Waals surface area contributed by atoms with Crippen molar-refractivity contribution in [2.45, 2.75) is 23.4 Å². The second kappa shape index (κ2) is 6.95. The van der Waals surface area contributed by atoms with Crippen molar-refractivity contribution < 1.29 is 14.3 Å². The average Bonchev–Trinajstić information content (AvgIpc) is 2.90. The maximum atomic E-state index is 12.5. The Morgan fingerprint density at radius 2 is 2.00 bits per heavy atom. The number of ether oxygens (including phenoxy) is 2. The van der Waals surface area contributed by atoms with E-state index in [0.29, 0.717) is 17.1 Å². The van der Waals surface area contributed by atoms with E-state index >= 15 is 0 Å². The standard InChI is InChI=1S/C15H17NO3S2/c1-9-8-20-15(16-9)21-10(2)14(17)11-5-6-12(18-3)13(7-11)19-4/h5-8,10H,1-4H3. The van der Waals surface area contributed by atoms with Gasteiger partial charge in [0.15, 0.2) is 21.6 Å². The van der Waals surface area contributed by atoms with E-state index in [1.807, 2.05) is 19.2 Å². The van der Waals surface area contributed by atoms with Gasteiger partial charge in [-0.2, -0.15) is 0 Å². The second-order valence-corrected chi connectivity index (χ2v) is 6.89. The molecule has 0 N–H and O–H groups in total. The third kappa shape index (κ3) is 3.77. The first-order valence-electron chi connectivity index (χ1n) is 6.40. The third-order valence-corrected chi connectivity index (χ3v) is 5.10. The van der Waals surface area contributed by atoms with Crippen LogP contribution >= 0.6 is 23.1 Å². The van der Waals surface area contributed by atoms with E-state index in [1.165, 1.54) is 11.8 Å². The number of carbonyl (C=O) groups is 1. The number of thioether (sulfide) groups is 1. The van der Waals surface area contributed by atoms with Crippen LogP contribution in [0.2, 0.25) is 0 Å². The van der Waals surface area contributed by atoms with E-state index in [9.17, 15) is 4.79 Å². The Morgan fingerprint density at radius 1 is 1.29 bits per heavy atom. The molecule has 0 aliphatic carbocycles. The lowest BCUT2D eigenvalue weighted by Gasteiger charge is -2.11. The summed E-state index contributed by atoms with van der Waals surface area (Å²) < 4.78 is 11.3. The van der Waals surface area contributed by atoms with E-state index in [0.717, 1.165) is 10.0 Å². The maximum absolute atomic E-state index is 12.5. The van der Waals surface area contributed by atoms with Crippen LogP contribution in [-0.4, -0.2) is 30.2 Å². The minimum Gasteiger partial charge on any atom is -0.493 e. The Labute approximate surface area is 132 Å². The Bertz CT molecular complexity index is 640. The first-order chi connectivity index (χ1) is 10.0. The first-order valence-corrected chi connectivity index (χ1v) is 8.16. The van der Waals surface area contributed by atoms with Crippen molar-refractivity contribution in [1.29, 1.82) is 0 Å². The molecule has 21 heavy (non-hydrogen) atoms. The van der Waals surface area contributed by atoms with E-state index in [4.69, 9.17) is 9.47 Å². The van der Waals surface area contributed by atoms with Crippen molar-refractivity contribution in [1.82, 2.24) is 4.98 Å². The van der Waals surface area contributed by atoms with Gasteiger partial charge in [-0.3, -0.25) is 4.79 Å². The lowest BCUT2D eigenvalue weighted by atomic mass is 10.1. The van der Waals surface area contributed by atoms with Crippen LogP contribution in [0, 0.1) is 6.92 Å². The van der Waals surface area contributed by atoms with Crippen LogP contribution in [0.25, 0.3) is 0 Å². The highest BCUT2D eigenvalue weighted by Crippen LogP contribution is 2.31. The molecule has 1 aromatic heterocycles. The summed E-state index contributed by atoms with van der Waals surface area (Å²) in [6.07, 6.45) is 0. The molecule has 4 nitrogen and oxygen atoms in total. The zero-order valence-corrected chi connectivity index (χ0v) is 14.0. The predicted octanol–water partition coefficient (Wildman–Crippen LogP) is 3.83. The zero-order chi connectivity index (χ0) is 15.4. The largest absolute Gasteiger partial charge is 0.493 e. The van der Waals surface area contributed by atoms with E-state index < -0.39 is 0 Å². The molecule has 0 radical (unpaired) electrons. The van der Waals surface area contributed by atoms with Crippen LogP contribution in [-0.2, 0) is 0 Å². The van der Waals surface area contributed by atoms with Gasteiger partial charge in [-0.05, 0) is 32.0 Å². The number of hydrogen-bond donors (Lipinski definition) is 0. The van der Waals surface area contributed by atoms with Gasteiger partial charge >= 0.3 is 0 Å². The van der Waals surface area contributed by atoms with E-state index in [-0.39, 0.29) is 11.0 Å². The smallest absolute Gasteiger partial charge is 0.176 e. The van der Waals surface area contributed by atoms with Gasteiger partial charge in [-0.1, -0.05) is 11.8 Å². The topological polar surface area (TPSA) is 48.4 Å². The van der Waals surface area contributed by atoms with Crippen molar-refractivity contribution in [3.63, 3.8) is 0 Å². The molecule has 0 spiro atoms. The fourth-order valence-corrected chi connectivity index (χ4v) is 3.88. The maximum Gasteiger partial charge on any atom is 0.176 e. The van der Waals surface area contributed by atoms with E-state index in [2.05, 4.69) is 4.98 Å². The van der Waals surface area contributed by atoms with Crippen molar-refractivity contribution in [2.24, 2.45) is 0 Å². The molecule has 0 aliphatic rings. The Morgan fingerprint density at radius 3 is 2.57 bits per heavy atom. The molecule has 0 fully saturated rings. The van der Waals surface area contributed by atoms with Gasteiger partial charge in [0, 0.05) is 16.6 Å². The first kappa shape index (κ1) is 15.9. The number of nitrogens with zero attached hydrogens (tertiary/aromatic N) is 1. The van der Waals surface area contributed by atoms with Crippen molar-refractivity contribution in [3.8, 4) is 11.5 Å². The van der Waals surface area contributed by atoms with Crippen molar-refractivity contribution in [2.75, 3.05) is 14.2 Å². The Hall–Kier alpha value is -1.53. The minimum atomic E-state index is -0.200. The van der Waals surface area contributed by atoms with E-state index in [1.54, 1.807) is 43.8 Å². The lowest BCUT2D eigenvalue weighted by molar-refractivity contribution is 0.0993. The molecule has 0 saturated carbocycles. The van der Waals surface area contributed by atoms with Gasteiger partial charge in [-0.15, -0.1) is 11.3 Å². The molecule has 1 aromatic carbocycles. The van der Waals surface area contributed by atoms with Gasteiger partial charge in [-0.25, -0.2) is 4.98 Å². The number of aryl methyl sites for hydroxylation is 1. The predicted molar refractivity (Wildman–Crippen MR) is 86.0 cm³/mol. The average molecular weight is 323 g/mol. The number of aromatic nitrogens is 1. The van der Waals surface area contributed by atoms with Crippen LogP contribution in [0.4, 0.5) is 0 Å². The summed E-state index contributed by atoms with van der Waals surface area (Å²) >= 11 is 3.04. The molecule has 0 amide bonds. The fourth-order valence-electron chi connectivity index (χ4n) is 1.82. The number of rotatable bonds is 6. The van der Waals surface area contributed by atoms with Gasteiger partial charge in [0.1, 0.15) is 0 Å². The highest BCUT2D eigenvalue weighted by Gasteiger charge is 2.19. The molecule has 0 bridgehead atoms. The zero-order valence-electron chi connectivity index (χ0n) is 12.4. The SMILES string of the molecule is COc1ccc(C(=O)C(C)Sc2nc(C)cs2)cc1OC. The second-order valence-electron chi connectivity index (χ2n) is 4.45. The summed E-state index contributed by atoms with van der Waals surface area (Å²) in [6.45, 7) is 3.84. The summed E-state index contributed by atoms with van der Waals surface area (Å²) in [4.78, 5) is 16.9. The molecule has 1 unspecified atom stereocenters. The number of carbonyl (C=O) groups excluding carboxylic acids is 1. The Kier molecular flexibility index (Phi) is 5.25. The number of methoxy groups -OCH3 is 2. The highest BCUT2D eigenvalue weighted by molar-refractivity contribution is 8.02. The van der Waals surface area contributed by atoms with Crippen molar-refractivity contribution in [3.05, 3.63) is 34.8 Å².